The smallest absolute Gasteiger partial charge is 0.245 e. The highest BCUT2D eigenvalue weighted by Gasteiger charge is 2.29. The zero-order chi connectivity index (χ0) is 23.7. The summed E-state index contributed by atoms with van der Waals surface area (Å²) in [5, 5.41) is 4.29. The van der Waals surface area contributed by atoms with Gasteiger partial charge in [-0.2, -0.15) is 5.10 Å². The van der Waals surface area contributed by atoms with Crippen LogP contribution in [-0.4, -0.2) is 52.7 Å². The fourth-order valence-electron chi connectivity index (χ4n) is 3.93. The molecule has 33 heavy (non-hydrogen) atoms. The Morgan fingerprint density at radius 1 is 1.24 bits per heavy atom. The molecule has 2 aromatic heterocycles. The Balaban J connectivity index is 1.82. The number of rotatable bonds is 4. The number of amides is 1. The number of methoxy groups -OCH3 is 2. The highest BCUT2D eigenvalue weighted by molar-refractivity contribution is 5.87. The van der Waals surface area contributed by atoms with E-state index in [0.717, 1.165) is 11.8 Å². The van der Waals surface area contributed by atoms with Gasteiger partial charge in [0.25, 0.3) is 0 Å². The fourth-order valence-corrected chi connectivity index (χ4v) is 3.93. The Morgan fingerprint density at radius 2 is 1.94 bits per heavy atom. The molecule has 1 atom stereocenters. The van der Waals surface area contributed by atoms with Gasteiger partial charge < -0.3 is 20.1 Å². The van der Waals surface area contributed by atoms with Crippen LogP contribution in [-0.2, 0) is 4.79 Å². The summed E-state index contributed by atoms with van der Waals surface area (Å²) in [5.74, 6) is 3.07. The van der Waals surface area contributed by atoms with E-state index in [2.05, 4.69) is 28.5 Å². The Morgan fingerprint density at radius 3 is 2.58 bits per heavy atom. The van der Waals surface area contributed by atoms with Crippen LogP contribution in [0.25, 0.3) is 5.52 Å². The van der Waals surface area contributed by atoms with E-state index in [0.29, 0.717) is 30.6 Å². The predicted octanol–water partition coefficient (Wildman–Crippen LogP) is 2.51. The monoisotopic (exact) mass is 453 g/mol. The average molecular weight is 453 g/mol. The van der Waals surface area contributed by atoms with Crippen LogP contribution >= 0.6 is 0 Å². The third-order valence-electron chi connectivity index (χ3n) is 5.60. The molecule has 1 aliphatic rings. The quantitative estimate of drug-likeness (QED) is 0.482. The highest BCUT2D eigenvalue weighted by atomic mass is 19.1. The van der Waals surface area contributed by atoms with Crippen molar-refractivity contribution >= 4 is 17.2 Å². The average Bonchev–Trinajstić information content (AvgIpc) is 3.44. The molecule has 1 unspecified atom stereocenters. The van der Waals surface area contributed by atoms with Gasteiger partial charge in [0.2, 0.25) is 5.91 Å². The topological polar surface area (TPSA) is 95.0 Å². The van der Waals surface area contributed by atoms with Crippen molar-refractivity contribution in [2.24, 2.45) is 0 Å². The molecule has 1 aliphatic heterocycles. The van der Waals surface area contributed by atoms with Crippen LogP contribution in [0.2, 0.25) is 0 Å². The van der Waals surface area contributed by atoms with Crippen molar-refractivity contribution in [3.05, 3.63) is 59.6 Å². The van der Waals surface area contributed by atoms with Crippen LogP contribution in [0.1, 0.15) is 29.2 Å². The SMILES string of the molecule is C=CC(=O)N1CCC(c2cc(C#Cc3c(F)c(OC)cc(OC)c3F)c3c(N)ncnn23)C1. The number of nitrogen functional groups attached to an aromatic ring is 1. The fraction of sp³-hybridized carbons (Fsp3) is 0.261. The zero-order valence-corrected chi connectivity index (χ0v) is 18.1. The minimum atomic E-state index is -0.939. The molecular formula is C23H21F2N5O3. The maximum absolute atomic E-state index is 14.7. The zero-order valence-electron chi connectivity index (χ0n) is 18.1. The summed E-state index contributed by atoms with van der Waals surface area (Å²) in [7, 11) is 2.53. The molecule has 1 saturated heterocycles. The van der Waals surface area contributed by atoms with Gasteiger partial charge in [-0.15, -0.1) is 0 Å². The summed E-state index contributed by atoms with van der Waals surface area (Å²) in [6, 6.07) is 2.87. The molecule has 2 N–H and O–H groups in total. The van der Waals surface area contributed by atoms with E-state index in [1.54, 1.807) is 15.5 Å². The van der Waals surface area contributed by atoms with Crippen molar-refractivity contribution in [2.45, 2.75) is 12.3 Å². The number of ether oxygens (including phenoxy) is 2. The summed E-state index contributed by atoms with van der Waals surface area (Å²) in [4.78, 5) is 17.7. The van der Waals surface area contributed by atoms with Crippen LogP contribution in [0.5, 0.6) is 11.5 Å². The standard InChI is InChI=1S/C23H21F2N5O3/c1-4-19(31)29-8-7-14(11-29)16-9-13(22-23(26)27-12-28-30(16)22)5-6-15-20(24)17(32-2)10-18(33-3)21(15)25/h4,9-10,12,14H,1,7-8,11H2,2-3H3,(H2,26,27,28). The maximum Gasteiger partial charge on any atom is 0.245 e. The summed E-state index contributed by atoms with van der Waals surface area (Å²) in [6.07, 6.45) is 3.30. The van der Waals surface area contributed by atoms with Crippen molar-refractivity contribution in [3.8, 4) is 23.3 Å². The molecular weight excluding hydrogens is 432 g/mol. The minimum absolute atomic E-state index is 0.0309. The first kappa shape index (κ1) is 22.1. The lowest BCUT2D eigenvalue weighted by molar-refractivity contribution is -0.125. The van der Waals surface area contributed by atoms with Crippen LogP contribution < -0.4 is 15.2 Å². The molecule has 170 valence electrons. The third-order valence-corrected chi connectivity index (χ3v) is 5.60. The second-order valence-corrected chi connectivity index (χ2v) is 7.40. The largest absolute Gasteiger partial charge is 0.493 e. The van der Waals surface area contributed by atoms with Crippen molar-refractivity contribution < 1.29 is 23.0 Å². The number of fused-ring (bicyclic) bond motifs is 1. The molecule has 1 amide bonds. The van der Waals surface area contributed by atoms with Crippen molar-refractivity contribution in [1.82, 2.24) is 19.5 Å². The molecule has 10 heteroatoms. The number of nitrogens with zero attached hydrogens (tertiary/aromatic N) is 4. The summed E-state index contributed by atoms with van der Waals surface area (Å²) >= 11 is 0. The van der Waals surface area contributed by atoms with Gasteiger partial charge >= 0.3 is 0 Å². The van der Waals surface area contributed by atoms with Crippen LogP contribution in [0.3, 0.4) is 0 Å². The second-order valence-electron chi connectivity index (χ2n) is 7.40. The Hall–Kier alpha value is -4.13. The maximum atomic E-state index is 14.7. The molecule has 0 radical (unpaired) electrons. The van der Waals surface area contributed by atoms with E-state index < -0.39 is 17.2 Å². The summed E-state index contributed by atoms with van der Waals surface area (Å²) in [6.45, 7) is 4.58. The molecule has 1 fully saturated rings. The Kier molecular flexibility index (Phi) is 5.87. The molecule has 3 heterocycles. The number of carbonyl (C=O) groups is 1. The van der Waals surface area contributed by atoms with E-state index >= 15 is 0 Å². The first-order valence-electron chi connectivity index (χ1n) is 10.0. The van der Waals surface area contributed by atoms with Gasteiger partial charge in [0.15, 0.2) is 29.0 Å². The molecule has 0 saturated carbocycles. The number of anilines is 1. The first-order valence-corrected chi connectivity index (χ1v) is 10.0. The van der Waals surface area contributed by atoms with Gasteiger partial charge in [-0.05, 0) is 18.6 Å². The Labute approximate surface area is 188 Å². The third kappa shape index (κ3) is 3.82. The van der Waals surface area contributed by atoms with E-state index in [-0.39, 0.29) is 29.1 Å². The van der Waals surface area contributed by atoms with Crippen LogP contribution in [0.15, 0.2) is 31.1 Å². The van der Waals surface area contributed by atoms with Gasteiger partial charge in [-0.25, -0.2) is 18.3 Å². The van der Waals surface area contributed by atoms with E-state index in [4.69, 9.17) is 15.2 Å². The number of aromatic nitrogens is 3. The molecule has 4 rings (SSSR count). The van der Waals surface area contributed by atoms with Crippen molar-refractivity contribution in [1.29, 1.82) is 0 Å². The number of halogens is 2. The molecule has 1 aromatic carbocycles. The van der Waals surface area contributed by atoms with Gasteiger partial charge in [0.1, 0.15) is 17.4 Å². The number of hydrogen-bond acceptors (Lipinski definition) is 6. The van der Waals surface area contributed by atoms with Crippen LogP contribution in [0.4, 0.5) is 14.6 Å². The molecule has 3 aromatic rings. The molecule has 8 nitrogen and oxygen atoms in total. The summed E-state index contributed by atoms with van der Waals surface area (Å²) < 4.78 is 41.0. The lowest BCUT2D eigenvalue weighted by atomic mass is 10.0. The highest BCUT2D eigenvalue weighted by Crippen LogP contribution is 2.33. The molecule has 0 spiro atoms. The number of benzene rings is 1. The van der Waals surface area contributed by atoms with Gasteiger partial charge in [0, 0.05) is 30.8 Å². The van der Waals surface area contributed by atoms with E-state index in [1.807, 2.05) is 0 Å². The number of nitrogens with two attached hydrogens (primary N) is 1. The minimum Gasteiger partial charge on any atom is -0.493 e. The van der Waals surface area contributed by atoms with Crippen molar-refractivity contribution in [3.63, 3.8) is 0 Å². The van der Waals surface area contributed by atoms with Gasteiger partial charge in [-0.1, -0.05) is 18.4 Å². The van der Waals surface area contributed by atoms with E-state index in [1.165, 1.54) is 26.6 Å². The lowest BCUT2D eigenvalue weighted by Crippen LogP contribution is -2.26. The predicted molar refractivity (Wildman–Crippen MR) is 117 cm³/mol. The number of hydrogen-bond donors (Lipinski definition) is 1. The van der Waals surface area contributed by atoms with E-state index in [9.17, 15) is 13.6 Å². The second kappa shape index (κ2) is 8.78. The summed E-state index contributed by atoms with van der Waals surface area (Å²) in [5.41, 5.74) is 7.18. The normalized spacial score (nSPS) is 15.3. The first-order chi connectivity index (χ1) is 15.9. The van der Waals surface area contributed by atoms with Crippen molar-refractivity contribution in [2.75, 3.05) is 33.0 Å². The Bertz CT molecular complexity index is 1300. The van der Waals surface area contributed by atoms with Crippen LogP contribution in [0, 0.1) is 23.5 Å². The van der Waals surface area contributed by atoms with Gasteiger partial charge in [-0.3, -0.25) is 4.79 Å². The van der Waals surface area contributed by atoms with Gasteiger partial charge in [0.05, 0.1) is 19.8 Å². The lowest BCUT2D eigenvalue weighted by Gasteiger charge is -2.14. The molecule has 0 aliphatic carbocycles. The number of carbonyl (C=O) groups excluding carboxylic acids is 1. The molecule has 0 bridgehead atoms. The number of likely N-dealkylation sites (tertiary alicyclic amines) is 1.